The highest BCUT2D eigenvalue weighted by Crippen LogP contribution is 2.36. The highest BCUT2D eigenvalue weighted by atomic mass is 28.4. The third kappa shape index (κ3) is 4.64. The lowest BCUT2D eigenvalue weighted by Crippen LogP contribution is -2.55. The number of benzene rings is 1. The van der Waals surface area contributed by atoms with E-state index in [0.717, 1.165) is 18.8 Å². The molecule has 1 saturated carbocycles. The van der Waals surface area contributed by atoms with E-state index < -0.39 is 20.2 Å². The van der Waals surface area contributed by atoms with Crippen molar-refractivity contribution in [1.29, 1.82) is 0 Å². The number of hydrogen-bond donors (Lipinski definition) is 0. The lowest BCUT2D eigenvalue weighted by Gasteiger charge is -2.35. The molecule has 0 spiro atoms. The maximum Gasteiger partial charge on any atom is 0.375 e. The van der Waals surface area contributed by atoms with Crippen LogP contribution in [0, 0.1) is 23.5 Å². The summed E-state index contributed by atoms with van der Waals surface area (Å²) in [5.74, 6) is -0.683. The molecule has 1 aliphatic rings. The summed E-state index contributed by atoms with van der Waals surface area (Å²) in [6.45, 7) is 4.25. The molecular formula is C20H32F2O3Si. The fourth-order valence-electron chi connectivity index (χ4n) is 4.19. The van der Waals surface area contributed by atoms with Crippen molar-refractivity contribution in [2.24, 2.45) is 11.8 Å². The fourth-order valence-corrected chi connectivity index (χ4v) is 7.29. The van der Waals surface area contributed by atoms with Gasteiger partial charge in [0.05, 0.1) is 6.61 Å². The van der Waals surface area contributed by atoms with E-state index in [1.165, 1.54) is 31.7 Å². The second kappa shape index (κ2) is 9.81. The predicted octanol–water partition coefficient (Wildman–Crippen LogP) is 4.91. The Balaban J connectivity index is 2.21. The molecule has 1 aliphatic carbocycles. The van der Waals surface area contributed by atoms with Gasteiger partial charge in [0.25, 0.3) is 0 Å². The molecule has 1 aromatic rings. The molecule has 0 amide bonds. The summed E-state index contributed by atoms with van der Waals surface area (Å²) in [6.07, 6.45) is 7.12. The minimum atomic E-state index is -3.04. The van der Waals surface area contributed by atoms with E-state index in [-0.39, 0.29) is 17.5 Å². The van der Waals surface area contributed by atoms with Crippen molar-refractivity contribution >= 4 is 13.7 Å². The Bertz CT molecular complexity index is 570. The summed E-state index contributed by atoms with van der Waals surface area (Å²) in [5, 5.41) is 0.235. The maximum atomic E-state index is 14.8. The molecule has 0 unspecified atom stereocenters. The molecule has 0 N–H and O–H groups in total. The molecule has 3 nitrogen and oxygen atoms in total. The molecule has 26 heavy (non-hydrogen) atoms. The van der Waals surface area contributed by atoms with Crippen LogP contribution >= 0.6 is 0 Å². The first kappa shape index (κ1) is 21.3. The average molecular weight is 387 g/mol. The molecule has 1 aromatic carbocycles. The van der Waals surface area contributed by atoms with Crippen molar-refractivity contribution in [2.75, 3.05) is 20.8 Å². The highest BCUT2D eigenvalue weighted by Gasteiger charge is 2.44. The van der Waals surface area contributed by atoms with E-state index in [4.69, 9.17) is 13.6 Å². The van der Waals surface area contributed by atoms with Crippen LogP contribution in [0.5, 0.6) is 5.75 Å². The van der Waals surface area contributed by atoms with Crippen molar-refractivity contribution in [3.63, 3.8) is 0 Å². The molecule has 2 rings (SSSR count). The fraction of sp³-hybridized carbons (Fsp3) is 0.700. The molecule has 0 saturated heterocycles. The van der Waals surface area contributed by atoms with Crippen molar-refractivity contribution in [2.45, 2.75) is 58.4 Å². The number of ether oxygens (including phenoxy) is 1. The van der Waals surface area contributed by atoms with Gasteiger partial charge < -0.3 is 13.6 Å². The van der Waals surface area contributed by atoms with Crippen LogP contribution in [-0.2, 0) is 8.85 Å². The van der Waals surface area contributed by atoms with Gasteiger partial charge in [-0.15, -0.1) is 0 Å². The second-order valence-electron chi connectivity index (χ2n) is 7.21. The van der Waals surface area contributed by atoms with Crippen LogP contribution in [0.3, 0.4) is 0 Å². The number of hydrogen-bond acceptors (Lipinski definition) is 3. The van der Waals surface area contributed by atoms with Gasteiger partial charge in [0.15, 0.2) is 11.6 Å². The summed E-state index contributed by atoms with van der Waals surface area (Å²) >= 11 is 0. The van der Waals surface area contributed by atoms with Crippen LogP contribution in [0.4, 0.5) is 8.78 Å². The summed E-state index contributed by atoms with van der Waals surface area (Å²) in [4.78, 5) is 0. The third-order valence-electron chi connectivity index (χ3n) is 5.64. The van der Waals surface area contributed by atoms with Gasteiger partial charge in [0, 0.05) is 19.4 Å². The summed E-state index contributed by atoms with van der Waals surface area (Å²) in [6, 6.07) is 3.71. The Morgan fingerprint density at radius 2 is 1.58 bits per heavy atom. The van der Waals surface area contributed by atoms with Crippen LogP contribution in [-0.4, -0.2) is 29.4 Å². The minimum Gasteiger partial charge on any atom is -0.491 e. The molecule has 6 heteroatoms. The first-order chi connectivity index (χ1) is 12.5. The van der Waals surface area contributed by atoms with Gasteiger partial charge in [-0.05, 0) is 30.9 Å². The Labute approximate surface area is 157 Å². The zero-order chi connectivity index (χ0) is 19.2. The monoisotopic (exact) mass is 386 g/mol. The lowest BCUT2D eigenvalue weighted by molar-refractivity contribution is 0.223. The Morgan fingerprint density at radius 3 is 2.12 bits per heavy atom. The zero-order valence-corrected chi connectivity index (χ0v) is 17.4. The number of rotatable bonds is 9. The normalized spacial score (nSPS) is 21.0. The standard InChI is InChI=1S/C20H32F2O3Si/c1-5-7-15-8-10-16(11-9-15)14-26(23-3,24-4)18-13-12-17(25-6-2)19(21)20(18)22/h12-13,15-16H,5-11,14H2,1-4H3/t15-,16-. The van der Waals surface area contributed by atoms with Gasteiger partial charge in [0.2, 0.25) is 5.82 Å². The molecule has 0 radical (unpaired) electrons. The molecule has 0 aromatic heterocycles. The van der Waals surface area contributed by atoms with E-state index in [2.05, 4.69) is 6.92 Å². The quantitative estimate of drug-likeness (QED) is 0.564. The average Bonchev–Trinajstić information content (AvgIpc) is 2.66. The molecular weight excluding hydrogens is 354 g/mol. The van der Waals surface area contributed by atoms with Gasteiger partial charge >= 0.3 is 8.56 Å². The van der Waals surface area contributed by atoms with Gasteiger partial charge in [-0.25, -0.2) is 4.39 Å². The van der Waals surface area contributed by atoms with Gasteiger partial charge in [0.1, 0.15) is 0 Å². The van der Waals surface area contributed by atoms with E-state index in [1.807, 2.05) is 0 Å². The van der Waals surface area contributed by atoms with E-state index >= 15 is 0 Å². The van der Waals surface area contributed by atoms with Crippen molar-refractivity contribution < 1.29 is 22.4 Å². The van der Waals surface area contributed by atoms with Gasteiger partial charge in [-0.1, -0.05) is 51.5 Å². The molecule has 148 valence electrons. The second-order valence-corrected chi connectivity index (χ2v) is 10.5. The first-order valence-electron chi connectivity index (χ1n) is 9.72. The van der Waals surface area contributed by atoms with Crippen LogP contribution in [0.2, 0.25) is 6.04 Å². The molecule has 1 fully saturated rings. The summed E-state index contributed by atoms with van der Waals surface area (Å²) in [7, 11) is 0.0559. The van der Waals surface area contributed by atoms with Crippen LogP contribution < -0.4 is 9.92 Å². The Morgan fingerprint density at radius 1 is 0.962 bits per heavy atom. The summed E-state index contributed by atoms with van der Waals surface area (Å²) in [5.41, 5.74) is 0. The lowest BCUT2D eigenvalue weighted by atomic mass is 9.81. The molecule has 0 heterocycles. The molecule has 0 bridgehead atoms. The van der Waals surface area contributed by atoms with Gasteiger partial charge in [-0.3, -0.25) is 0 Å². The minimum absolute atomic E-state index is 0.0658. The Hall–Kier alpha value is -0.983. The topological polar surface area (TPSA) is 27.7 Å². The summed E-state index contributed by atoms with van der Waals surface area (Å²) < 4.78 is 45.8. The smallest absolute Gasteiger partial charge is 0.375 e. The first-order valence-corrected chi connectivity index (χ1v) is 11.7. The van der Waals surface area contributed by atoms with E-state index in [9.17, 15) is 8.78 Å². The van der Waals surface area contributed by atoms with E-state index in [0.29, 0.717) is 12.0 Å². The largest absolute Gasteiger partial charge is 0.491 e. The van der Waals surface area contributed by atoms with Crippen molar-refractivity contribution in [1.82, 2.24) is 0 Å². The predicted molar refractivity (Wildman–Crippen MR) is 102 cm³/mol. The van der Waals surface area contributed by atoms with E-state index in [1.54, 1.807) is 27.2 Å². The molecule has 0 atom stereocenters. The maximum absolute atomic E-state index is 14.8. The van der Waals surface area contributed by atoms with Crippen molar-refractivity contribution in [3.05, 3.63) is 23.8 Å². The zero-order valence-electron chi connectivity index (χ0n) is 16.4. The highest BCUT2D eigenvalue weighted by molar-refractivity contribution is 6.81. The van der Waals surface area contributed by atoms with Gasteiger partial charge in [-0.2, -0.15) is 4.39 Å². The van der Waals surface area contributed by atoms with Crippen molar-refractivity contribution in [3.8, 4) is 5.75 Å². The Kier molecular flexibility index (Phi) is 8.04. The third-order valence-corrected chi connectivity index (χ3v) is 9.28. The van der Waals surface area contributed by atoms with Crippen LogP contribution in [0.15, 0.2) is 12.1 Å². The van der Waals surface area contributed by atoms with Crippen LogP contribution in [0.25, 0.3) is 0 Å². The van der Waals surface area contributed by atoms with Crippen LogP contribution in [0.1, 0.15) is 52.4 Å². The molecule has 0 aliphatic heterocycles. The number of halogens is 2. The SMILES string of the molecule is CCC[C@H]1CC[C@H](C[Si](OC)(OC)c2ccc(OCC)c(F)c2F)CC1.